The van der Waals surface area contributed by atoms with Crippen LogP contribution in [-0.2, 0) is 13.1 Å². The van der Waals surface area contributed by atoms with Crippen LogP contribution < -0.4 is 16.2 Å². The van der Waals surface area contributed by atoms with Gasteiger partial charge in [0, 0.05) is 30.9 Å². The lowest BCUT2D eigenvalue weighted by atomic mass is 10.3. The van der Waals surface area contributed by atoms with E-state index in [0.29, 0.717) is 12.0 Å². The van der Waals surface area contributed by atoms with Crippen LogP contribution in [-0.4, -0.2) is 16.0 Å². The molecule has 3 rings (SSSR count). The Morgan fingerprint density at radius 2 is 2.29 bits per heavy atom. The van der Waals surface area contributed by atoms with Gasteiger partial charge in [-0.15, -0.1) is 0 Å². The number of aromatic nitrogens is 2. The van der Waals surface area contributed by atoms with Gasteiger partial charge in [-0.1, -0.05) is 0 Å². The molecule has 0 atom stereocenters. The first-order valence-corrected chi connectivity index (χ1v) is 4.99. The quantitative estimate of drug-likeness (QED) is 0.594. The van der Waals surface area contributed by atoms with Crippen molar-refractivity contribution in [1.82, 2.24) is 20.7 Å². The van der Waals surface area contributed by atoms with Crippen LogP contribution in [0.5, 0.6) is 0 Å². The molecule has 1 aliphatic heterocycles. The van der Waals surface area contributed by atoms with E-state index in [1.165, 1.54) is 18.4 Å². The lowest BCUT2D eigenvalue weighted by molar-refractivity contribution is 0.754. The summed E-state index contributed by atoms with van der Waals surface area (Å²) < 4.78 is 0. The van der Waals surface area contributed by atoms with Crippen LogP contribution in [0.15, 0.2) is 6.20 Å². The van der Waals surface area contributed by atoms with Gasteiger partial charge in [-0.25, -0.2) is 15.4 Å². The number of hydrazine groups is 1. The number of hydrogen-bond acceptors (Lipinski definition) is 5. The number of anilines is 1. The highest BCUT2D eigenvalue weighted by Gasteiger charge is 2.21. The highest BCUT2D eigenvalue weighted by Crippen LogP contribution is 2.18. The largest absolute Gasteiger partial charge is 0.307 e. The van der Waals surface area contributed by atoms with E-state index in [2.05, 4.69) is 26.1 Å². The maximum Gasteiger partial charge on any atom is 0.237 e. The smallest absolute Gasteiger partial charge is 0.237 e. The molecule has 1 saturated carbocycles. The Morgan fingerprint density at radius 3 is 3.14 bits per heavy atom. The fourth-order valence-electron chi connectivity index (χ4n) is 1.51. The van der Waals surface area contributed by atoms with Gasteiger partial charge in [-0.3, -0.25) is 5.43 Å². The Balaban J connectivity index is 1.71. The summed E-state index contributed by atoms with van der Waals surface area (Å²) in [5.74, 6) is 0.680. The first-order valence-electron chi connectivity index (χ1n) is 4.99. The second kappa shape index (κ2) is 3.18. The van der Waals surface area contributed by atoms with E-state index < -0.39 is 0 Å². The van der Waals surface area contributed by atoms with Gasteiger partial charge in [0.05, 0.1) is 5.69 Å². The highest BCUT2D eigenvalue weighted by atomic mass is 15.4. The summed E-state index contributed by atoms with van der Waals surface area (Å²) in [5.41, 5.74) is 8.53. The molecule has 1 aromatic rings. The number of hydrogen-bond donors (Lipinski definition) is 3. The van der Waals surface area contributed by atoms with Crippen molar-refractivity contribution in [3.63, 3.8) is 0 Å². The third kappa shape index (κ3) is 1.56. The van der Waals surface area contributed by atoms with Crippen molar-refractivity contribution in [1.29, 1.82) is 0 Å². The molecule has 0 radical (unpaired) electrons. The Morgan fingerprint density at radius 1 is 1.36 bits per heavy atom. The maximum absolute atomic E-state index is 4.41. The van der Waals surface area contributed by atoms with Crippen molar-refractivity contribution in [3.8, 4) is 0 Å². The molecule has 0 unspecified atom stereocenters. The minimum atomic E-state index is 0.616. The molecule has 1 fully saturated rings. The van der Waals surface area contributed by atoms with Crippen LogP contribution in [0.2, 0.25) is 0 Å². The minimum absolute atomic E-state index is 0.616. The van der Waals surface area contributed by atoms with Gasteiger partial charge in [0.1, 0.15) is 0 Å². The van der Waals surface area contributed by atoms with Crippen molar-refractivity contribution in [3.05, 3.63) is 17.5 Å². The van der Waals surface area contributed by atoms with E-state index in [0.717, 1.165) is 18.8 Å². The van der Waals surface area contributed by atoms with Crippen LogP contribution in [0, 0.1) is 0 Å². The summed E-state index contributed by atoms with van der Waals surface area (Å²) in [4.78, 5) is 8.63. The lowest BCUT2D eigenvalue weighted by Gasteiger charge is -2.05. The number of nitrogens with zero attached hydrogens (tertiary/aromatic N) is 2. The molecule has 14 heavy (non-hydrogen) atoms. The molecule has 74 valence electrons. The number of rotatable bonds is 3. The standard InChI is InChI=1S/C9H13N5/c1-2-7(1)13-14-9-11-4-6-3-10-5-8(6)12-9/h4,7,10,13H,1-3,5H2,(H,11,12,14). The Hall–Kier alpha value is -1.20. The van der Waals surface area contributed by atoms with Gasteiger partial charge in [0.25, 0.3) is 0 Å². The average Bonchev–Trinajstić information content (AvgIpc) is 2.92. The Kier molecular flexibility index (Phi) is 1.85. The van der Waals surface area contributed by atoms with Gasteiger partial charge in [0.15, 0.2) is 0 Å². The van der Waals surface area contributed by atoms with Crippen molar-refractivity contribution >= 4 is 5.95 Å². The van der Waals surface area contributed by atoms with Crippen molar-refractivity contribution in [2.45, 2.75) is 32.0 Å². The van der Waals surface area contributed by atoms with Gasteiger partial charge >= 0.3 is 0 Å². The molecule has 2 aliphatic rings. The molecular weight excluding hydrogens is 178 g/mol. The minimum Gasteiger partial charge on any atom is -0.307 e. The molecule has 0 amide bonds. The molecule has 1 aromatic heterocycles. The van der Waals surface area contributed by atoms with Gasteiger partial charge < -0.3 is 5.32 Å². The van der Waals surface area contributed by atoms with Crippen LogP contribution in [0.1, 0.15) is 24.1 Å². The third-order valence-electron chi connectivity index (χ3n) is 2.53. The predicted molar refractivity (Wildman–Crippen MR) is 52.4 cm³/mol. The summed E-state index contributed by atoms with van der Waals surface area (Å²) in [6, 6.07) is 0.616. The van der Waals surface area contributed by atoms with Crippen molar-refractivity contribution in [2.75, 3.05) is 5.43 Å². The van der Waals surface area contributed by atoms with Crippen LogP contribution in [0.25, 0.3) is 0 Å². The first kappa shape index (κ1) is 8.14. The Labute approximate surface area is 82.3 Å². The average molecular weight is 191 g/mol. The lowest BCUT2D eigenvalue weighted by Crippen LogP contribution is -2.25. The molecule has 2 heterocycles. The van der Waals surface area contributed by atoms with E-state index in [1.54, 1.807) is 0 Å². The van der Waals surface area contributed by atoms with Gasteiger partial charge in [-0.05, 0) is 12.8 Å². The zero-order valence-corrected chi connectivity index (χ0v) is 7.88. The van der Waals surface area contributed by atoms with E-state index in [4.69, 9.17) is 0 Å². The molecule has 0 bridgehead atoms. The van der Waals surface area contributed by atoms with Gasteiger partial charge in [-0.2, -0.15) is 0 Å². The second-order valence-corrected chi connectivity index (χ2v) is 3.81. The normalized spacial score (nSPS) is 19.4. The summed E-state index contributed by atoms with van der Waals surface area (Å²) in [5, 5.41) is 3.24. The van der Waals surface area contributed by atoms with E-state index in [9.17, 15) is 0 Å². The van der Waals surface area contributed by atoms with Crippen LogP contribution in [0.3, 0.4) is 0 Å². The van der Waals surface area contributed by atoms with E-state index in [1.807, 2.05) is 6.20 Å². The maximum atomic E-state index is 4.41. The summed E-state index contributed by atoms with van der Waals surface area (Å²) in [6.07, 6.45) is 4.39. The molecule has 3 N–H and O–H groups in total. The number of nitrogens with one attached hydrogen (secondary N) is 3. The summed E-state index contributed by atoms with van der Waals surface area (Å²) >= 11 is 0. The predicted octanol–water partition coefficient (Wildman–Crippen LogP) is 0.159. The highest BCUT2D eigenvalue weighted by molar-refractivity contribution is 5.30. The van der Waals surface area contributed by atoms with Crippen molar-refractivity contribution < 1.29 is 0 Å². The molecule has 1 aliphatic carbocycles. The van der Waals surface area contributed by atoms with Gasteiger partial charge in [0.2, 0.25) is 5.95 Å². The van der Waals surface area contributed by atoms with Crippen LogP contribution >= 0.6 is 0 Å². The summed E-state index contributed by atoms with van der Waals surface area (Å²) in [6.45, 7) is 1.75. The fourth-order valence-corrected chi connectivity index (χ4v) is 1.51. The first-order chi connectivity index (χ1) is 6.92. The topological polar surface area (TPSA) is 61.9 Å². The van der Waals surface area contributed by atoms with Crippen molar-refractivity contribution in [2.24, 2.45) is 0 Å². The van der Waals surface area contributed by atoms with E-state index >= 15 is 0 Å². The van der Waals surface area contributed by atoms with Crippen LogP contribution in [0.4, 0.5) is 5.95 Å². The number of fused-ring (bicyclic) bond motifs is 1. The zero-order valence-electron chi connectivity index (χ0n) is 7.88. The third-order valence-corrected chi connectivity index (χ3v) is 2.53. The van der Waals surface area contributed by atoms with E-state index in [-0.39, 0.29) is 0 Å². The fraction of sp³-hybridized carbons (Fsp3) is 0.556. The molecule has 0 spiro atoms. The zero-order chi connectivity index (χ0) is 9.38. The summed E-state index contributed by atoms with van der Waals surface area (Å²) in [7, 11) is 0. The molecule has 5 nitrogen and oxygen atoms in total. The monoisotopic (exact) mass is 191 g/mol. The molecular formula is C9H13N5. The molecule has 0 aromatic carbocycles. The molecule has 0 saturated heterocycles. The molecule has 5 heteroatoms. The Bertz CT molecular complexity index is 347. The second-order valence-electron chi connectivity index (χ2n) is 3.81. The SMILES string of the molecule is c1nc(NNC2CC2)nc2c1CNC2.